The van der Waals surface area contributed by atoms with Crippen LogP contribution in [0.15, 0.2) is 24.3 Å². The molecule has 1 aromatic carbocycles. The minimum absolute atomic E-state index is 0.0107. The summed E-state index contributed by atoms with van der Waals surface area (Å²) in [5.41, 5.74) is 1.23. The predicted molar refractivity (Wildman–Crippen MR) is 89.9 cm³/mol. The monoisotopic (exact) mass is 310 g/mol. The van der Waals surface area contributed by atoms with E-state index in [1.54, 1.807) is 0 Å². The molecule has 0 atom stereocenters. The summed E-state index contributed by atoms with van der Waals surface area (Å²) in [6, 6.07) is 7.99. The van der Waals surface area contributed by atoms with E-state index in [-0.39, 0.29) is 11.3 Å². The Balaban J connectivity index is 2.68. The van der Waals surface area contributed by atoms with Gasteiger partial charge in [0.1, 0.15) is 0 Å². The van der Waals surface area contributed by atoms with Gasteiger partial charge in [-0.2, -0.15) is 0 Å². The predicted octanol–water partition coefficient (Wildman–Crippen LogP) is 3.51. The van der Waals surface area contributed by atoms with Crippen molar-refractivity contribution in [3.05, 3.63) is 34.9 Å². The average Bonchev–Trinajstić information content (AvgIpc) is 2.50. The van der Waals surface area contributed by atoms with E-state index in [0.717, 1.165) is 30.8 Å². The zero-order valence-corrected chi connectivity index (χ0v) is 14.1. The van der Waals surface area contributed by atoms with Crippen molar-refractivity contribution in [3.8, 4) is 0 Å². The van der Waals surface area contributed by atoms with Crippen LogP contribution < -0.4 is 10.6 Å². The Morgan fingerprint density at radius 3 is 2.33 bits per heavy atom. The van der Waals surface area contributed by atoms with Gasteiger partial charge < -0.3 is 10.6 Å². The molecular formula is C17H27ClN2O. The Kier molecular flexibility index (Phi) is 7.76. The van der Waals surface area contributed by atoms with E-state index in [0.29, 0.717) is 13.0 Å². The lowest BCUT2D eigenvalue weighted by molar-refractivity contribution is -0.121. The van der Waals surface area contributed by atoms with Crippen LogP contribution in [-0.2, 0) is 10.2 Å². The molecule has 0 aliphatic heterocycles. The molecule has 0 aromatic heterocycles. The molecule has 0 saturated heterocycles. The molecule has 0 saturated carbocycles. The topological polar surface area (TPSA) is 41.1 Å². The smallest absolute Gasteiger partial charge is 0.220 e. The lowest BCUT2D eigenvalue weighted by Gasteiger charge is -2.32. The Morgan fingerprint density at radius 2 is 1.81 bits per heavy atom. The molecule has 1 aromatic rings. The van der Waals surface area contributed by atoms with Crippen LogP contribution in [-0.4, -0.2) is 26.0 Å². The highest BCUT2D eigenvalue weighted by Gasteiger charge is 2.28. The van der Waals surface area contributed by atoms with Crippen LogP contribution >= 0.6 is 11.6 Å². The summed E-state index contributed by atoms with van der Waals surface area (Å²) in [5.74, 6) is 0.130. The summed E-state index contributed by atoms with van der Waals surface area (Å²) in [5, 5.41) is 6.90. The number of carbonyl (C=O) groups excluding carboxylic acids is 1. The number of amides is 1. The maximum absolute atomic E-state index is 11.9. The summed E-state index contributed by atoms with van der Waals surface area (Å²) >= 11 is 5.97. The van der Waals surface area contributed by atoms with Gasteiger partial charge in [-0.1, -0.05) is 37.6 Å². The fourth-order valence-corrected chi connectivity index (χ4v) is 2.72. The average molecular weight is 311 g/mol. The van der Waals surface area contributed by atoms with Gasteiger partial charge in [-0.25, -0.2) is 0 Å². The number of halogens is 1. The van der Waals surface area contributed by atoms with Crippen molar-refractivity contribution in [1.82, 2.24) is 10.6 Å². The van der Waals surface area contributed by atoms with Gasteiger partial charge in [0.25, 0.3) is 0 Å². The molecule has 0 bridgehead atoms. The Hall–Kier alpha value is -1.06. The second-order valence-electron chi connectivity index (χ2n) is 5.48. The van der Waals surface area contributed by atoms with Crippen molar-refractivity contribution < 1.29 is 4.79 Å². The third kappa shape index (κ3) is 5.33. The molecule has 0 heterocycles. The Labute approximate surface area is 133 Å². The number of hydrogen-bond acceptors (Lipinski definition) is 2. The molecule has 0 spiro atoms. The normalized spacial score (nSPS) is 11.4. The Morgan fingerprint density at radius 1 is 1.19 bits per heavy atom. The van der Waals surface area contributed by atoms with Gasteiger partial charge in [0.05, 0.1) is 0 Å². The van der Waals surface area contributed by atoms with E-state index in [4.69, 9.17) is 11.6 Å². The van der Waals surface area contributed by atoms with Gasteiger partial charge in [-0.3, -0.25) is 4.79 Å². The number of benzene rings is 1. The first-order chi connectivity index (χ1) is 10.1. The second-order valence-corrected chi connectivity index (χ2v) is 5.91. The van der Waals surface area contributed by atoms with Gasteiger partial charge in [0, 0.05) is 23.4 Å². The Bertz CT molecular complexity index is 427. The van der Waals surface area contributed by atoms with Crippen LogP contribution in [0.4, 0.5) is 0 Å². The number of hydrogen-bond donors (Lipinski definition) is 2. The maximum atomic E-state index is 11.9. The summed E-state index contributed by atoms with van der Waals surface area (Å²) < 4.78 is 0. The van der Waals surface area contributed by atoms with E-state index in [1.807, 2.05) is 19.2 Å². The van der Waals surface area contributed by atoms with Gasteiger partial charge in [-0.15, -0.1) is 0 Å². The van der Waals surface area contributed by atoms with Crippen molar-refractivity contribution in [2.45, 2.75) is 44.9 Å². The first-order valence-electron chi connectivity index (χ1n) is 7.75. The molecule has 2 N–H and O–H groups in total. The fourth-order valence-electron chi connectivity index (χ4n) is 2.60. The van der Waals surface area contributed by atoms with E-state index >= 15 is 0 Å². The fraction of sp³-hybridized carbons (Fsp3) is 0.588. The summed E-state index contributed by atoms with van der Waals surface area (Å²) in [4.78, 5) is 11.9. The highest BCUT2D eigenvalue weighted by atomic mass is 35.5. The highest BCUT2D eigenvalue weighted by Crippen LogP contribution is 2.31. The summed E-state index contributed by atoms with van der Waals surface area (Å²) in [7, 11) is 1.90. The molecule has 0 unspecified atom stereocenters. The first-order valence-corrected chi connectivity index (χ1v) is 8.13. The van der Waals surface area contributed by atoms with Crippen LogP contribution in [0.5, 0.6) is 0 Å². The van der Waals surface area contributed by atoms with Gasteiger partial charge in [0.15, 0.2) is 0 Å². The van der Waals surface area contributed by atoms with Gasteiger partial charge in [0.2, 0.25) is 5.91 Å². The molecule has 1 rings (SSSR count). The standard InChI is InChI=1S/C17H27ClN2O/c1-4-17(5-2,14-8-10-15(18)11-9-14)13-20-16(21)7-6-12-19-3/h8-11,19H,4-7,12-13H2,1-3H3,(H,20,21). The van der Waals surface area contributed by atoms with Crippen LogP contribution in [0.1, 0.15) is 45.1 Å². The largest absolute Gasteiger partial charge is 0.355 e. The van der Waals surface area contributed by atoms with E-state index in [1.165, 1.54) is 5.56 Å². The van der Waals surface area contributed by atoms with Crippen molar-refractivity contribution in [2.24, 2.45) is 0 Å². The van der Waals surface area contributed by atoms with Crippen LogP contribution in [0.3, 0.4) is 0 Å². The van der Waals surface area contributed by atoms with E-state index in [2.05, 4.69) is 36.6 Å². The molecule has 118 valence electrons. The molecule has 3 nitrogen and oxygen atoms in total. The van der Waals surface area contributed by atoms with E-state index < -0.39 is 0 Å². The molecule has 1 amide bonds. The third-order valence-corrected chi connectivity index (χ3v) is 4.52. The van der Waals surface area contributed by atoms with E-state index in [9.17, 15) is 4.79 Å². The molecule has 0 aliphatic carbocycles. The summed E-state index contributed by atoms with van der Waals surface area (Å²) in [6.07, 6.45) is 3.42. The minimum atomic E-state index is -0.0107. The van der Waals surface area contributed by atoms with Crippen molar-refractivity contribution in [2.75, 3.05) is 20.1 Å². The van der Waals surface area contributed by atoms with Gasteiger partial charge in [-0.05, 0) is 50.6 Å². The highest BCUT2D eigenvalue weighted by molar-refractivity contribution is 6.30. The number of rotatable bonds is 9. The molecular weight excluding hydrogens is 284 g/mol. The second kappa shape index (κ2) is 9.06. The molecule has 0 radical (unpaired) electrons. The van der Waals surface area contributed by atoms with Crippen molar-refractivity contribution in [3.63, 3.8) is 0 Å². The lowest BCUT2D eigenvalue weighted by atomic mass is 9.76. The number of nitrogens with one attached hydrogen (secondary N) is 2. The molecule has 0 fully saturated rings. The SMILES string of the molecule is CCC(CC)(CNC(=O)CCCNC)c1ccc(Cl)cc1. The lowest BCUT2D eigenvalue weighted by Crippen LogP contribution is -2.40. The summed E-state index contributed by atoms with van der Waals surface area (Å²) in [6.45, 7) is 5.90. The third-order valence-electron chi connectivity index (χ3n) is 4.26. The quantitative estimate of drug-likeness (QED) is 0.685. The van der Waals surface area contributed by atoms with Crippen molar-refractivity contribution >= 4 is 17.5 Å². The zero-order valence-electron chi connectivity index (χ0n) is 13.3. The molecule has 4 heteroatoms. The van der Waals surface area contributed by atoms with Crippen LogP contribution in [0, 0.1) is 0 Å². The van der Waals surface area contributed by atoms with Gasteiger partial charge >= 0.3 is 0 Å². The molecule has 21 heavy (non-hydrogen) atoms. The van der Waals surface area contributed by atoms with Crippen LogP contribution in [0.2, 0.25) is 5.02 Å². The minimum Gasteiger partial charge on any atom is -0.355 e. The van der Waals surface area contributed by atoms with Crippen molar-refractivity contribution in [1.29, 1.82) is 0 Å². The molecule has 0 aliphatic rings. The maximum Gasteiger partial charge on any atom is 0.220 e. The zero-order chi connectivity index (χ0) is 15.7. The van der Waals surface area contributed by atoms with Crippen LogP contribution in [0.25, 0.3) is 0 Å². The number of carbonyl (C=O) groups is 1. The first kappa shape index (κ1) is 18.0.